The van der Waals surface area contributed by atoms with E-state index in [1.807, 2.05) is 30.5 Å². The van der Waals surface area contributed by atoms with Gasteiger partial charge in [-0.2, -0.15) is 0 Å². The van der Waals surface area contributed by atoms with E-state index in [2.05, 4.69) is 16.5 Å². The monoisotopic (exact) mass is 246 g/mol. The summed E-state index contributed by atoms with van der Waals surface area (Å²) in [7, 11) is 0. The molecule has 2 heterocycles. The first kappa shape index (κ1) is 10.8. The molecule has 2 aromatic rings. The van der Waals surface area contributed by atoms with Gasteiger partial charge < -0.3 is 4.57 Å². The third-order valence-electron chi connectivity index (χ3n) is 3.44. The van der Waals surface area contributed by atoms with Crippen molar-refractivity contribution in [2.75, 3.05) is 0 Å². The molecule has 1 aliphatic heterocycles. The second-order valence-corrected chi connectivity index (χ2v) is 5.27. The minimum Gasteiger partial charge on any atom is -0.328 e. The molecule has 0 saturated carbocycles. The molecule has 0 amide bonds. The van der Waals surface area contributed by atoms with E-state index in [0.717, 1.165) is 35.3 Å². The molecule has 1 unspecified atom stereocenters. The molecule has 0 N–H and O–H groups in total. The van der Waals surface area contributed by atoms with Crippen molar-refractivity contribution >= 4 is 11.6 Å². The second kappa shape index (κ2) is 4.19. The van der Waals surface area contributed by atoms with E-state index >= 15 is 0 Å². The van der Waals surface area contributed by atoms with Crippen molar-refractivity contribution in [1.29, 1.82) is 0 Å². The van der Waals surface area contributed by atoms with Crippen LogP contribution in [0.25, 0.3) is 11.4 Å². The van der Waals surface area contributed by atoms with Crippen molar-refractivity contribution in [3.63, 3.8) is 0 Å². The third-order valence-corrected chi connectivity index (χ3v) is 3.70. The molecular formula is C14H15ClN2. The van der Waals surface area contributed by atoms with Gasteiger partial charge >= 0.3 is 0 Å². The lowest BCUT2D eigenvalue weighted by Crippen LogP contribution is -2.17. The van der Waals surface area contributed by atoms with Crippen molar-refractivity contribution in [3.05, 3.63) is 41.2 Å². The first-order chi connectivity index (χ1) is 8.24. The van der Waals surface area contributed by atoms with E-state index in [1.165, 1.54) is 12.1 Å². The minimum absolute atomic E-state index is 0.771. The Morgan fingerprint density at radius 1 is 1.29 bits per heavy atom. The number of benzene rings is 1. The predicted octanol–water partition coefficient (Wildman–Crippen LogP) is 3.79. The Hall–Kier alpha value is -1.28. The quantitative estimate of drug-likeness (QED) is 0.749. The van der Waals surface area contributed by atoms with Crippen LogP contribution in [0.15, 0.2) is 30.5 Å². The standard InChI is InChI=1S/C14H15ClN2/c1-10-6-7-17-13(8-10)9-16-14(17)11-2-4-12(15)5-3-11/h2-5,9-10H,6-8H2,1H3. The van der Waals surface area contributed by atoms with Gasteiger partial charge in [0.25, 0.3) is 0 Å². The average Bonchev–Trinajstić information content (AvgIpc) is 2.73. The molecule has 3 heteroatoms. The fourth-order valence-corrected chi connectivity index (χ4v) is 2.59. The normalized spacial score (nSPS) is 19.1. The maximum atomic E-state index is 5.91. The highest BCUT2D eigenvalue weighted by Crippen LogP contribution is 2.27. The molecule has 0 bridgehead atoms. The van der Waals surface area contributed by atoms with Gasteiger partial charge in [0.2, 0.25) is 0 Å². The zero-order valence-electron chi connectivity index (χ0n) is 9.86. The van der Waals surface area contributed by atoms with E-state index in [4.69, 9.17) is 11.6 Å². The van der Waals surface area contributed by atoms with Gasteiger partial charge in [-0.25, -0.2) is 4.98 Å². The van der Waals surface area contributed by atoms with E-state index in [0.29, 0.717) is 0 Å². The van der Waals surface area contributed by atoms with Gasteiger partial charge in [0.1, 0.15) is 5.82 Å². The number of hydrogen-bond donors (Lipinski definition) is 0. The van der Waals surface area contributed by atoms with E-state index in [-0.39, 0.29) is 0 Å². The molecule has 1 aromatic heterocycles. The number of hydrogen-bond acceptors (Lipinski definition) is 1. The lowest BCUT2D eigenvalue weighted by molar-refractivity contribution is 0.419. The Morgan fingerprint density at radius 3 is 2.82 bits per heavy atom. The maximum absolute atomic E-state index is 5.91. The highest BCUT2D eigenvalue weighted by atomic mass is 35.5. The average molecular weight is 247 g/mol. The molecule has 1 aromatic carbocycles. The third kappa shape index (κ3) is 1.98. The molecule has 0 radical (unpaired) electrons. The van der Waals surface area contributed by atoms with Crippen LogP contribution in [0.2, 0.25) is 5.02 Å². The van der Waals surface area contributed by atoms with Crippen LogP contribution in [0, 0.1) is 5.92 Å². The topological polar surface area (TPSA) is 17.8 Å². The highest BCUT2D eigenvalue weighted by molar-refractivity contribution is 6.30. The summed E-state index contributed by atoms with van der Waals surface area (Å²) in [5, 5.41) is 0.771. The summed E-state index contributed by atoms with van der Waals surface area (Å²) >= 11 is 5.91. The van der Waals surface area contributed by atoms with Crippen LogP contribution in [0.1, 0.15) is 19.0 Å². The summed E-state index contributed by atoms with van der Waals surface area (Å²) in [6.07, 6.45) is 4.39. The molecule has 1 aliphatic rings. The minimum atomic E-state index is 0.771. The fourth-order valence-electron chi connectivity index (χ4n) is 2.46. The van der Waals surface area contributed by atoms with Crippen molar-refractivity contribution < 1.29 is 0 Å². The predicted molar refractivity (Wildman–Crippen MR) is 70.2 cm³/mol. The molecule has 0 saturated heterocycles. The van der Waals surface area contributed by atoms with Gasteiger partial charge in [-0.3, -0.25) is 0 Å². The zero-order valence-corrected chi connectivity index (χ0v) is 10.6. The van der Waals surface area contributed by atoms with Gasteiger partial charge in [0, 0.05) is 29.0 Å². The van der Waals surface area contributed by atoms with Crippen LogP contribution < -0.4 is 0 Å². The lowest BCUT2D eigenvalue weighted by atomic mass is 9.98. The Balaban J connectivity index is 2.02. The molecule has 17 heavy (non-hydrogen) atoms. The first-order valence-electron chi connectivity index (χ1n) is 6.04. The summed E-state index contributed by atoms with van der Waals surface area (Å²) in [6, 6.07) is 7.92. The number of imidazole rings is 1. The molecule has 3 rings (SSSR count). The van der Waals surface area contributed by atoms with Crippen molar-refractivity contribution in [3.8, 4) is 11.4 Å². The molecule has 0 fully saturated rings. The Kier molecular flexibility index (Phi) is 2.67. The van der Waals surface area contributed by atoms with Gasteiger partial charge in [-0.1, -0.05) is 18.5 Å². The summed E-state index contributed by atoms with van der Waals surface area (Å²) in [5.74, 6) is 1.85. The smallest absolute Gasteiger partial charge is 0.140 e. The van der Waals surface area contributed by atoms with Crippen molar-refractivity contribution in [2.45, 2.75) is 26.3 Å². The molecule has 0 aliphatic carbocycles. The van der Waals surface area contributed by atoms with Crippen LogP contribution in [0.3, 0.4) is 0 Å². The summed E-state index contributed by atoms with van der Waals surface area (Å²) in [4.78, 5) is 4.55. The Labute approximate surface area is 106 Å². The number of aromatic nitrogens is 2. The van der Waals surface area contributed by atoms with Crippen LogP contribution in [-0.4, -0.2) is 9.55 Å². The second-order valence-electron chi connectivity index (χ2n) is 4.83. The first-order valence-corrected chi connectivity index (χ1v) is 6.42. The summed E-state index contributed by atoms with van der Waals surface area (Å²) < 4.78 is 2.34. The molecule has 1 atom stereocenters. The zero-order chi connectivity index (χ0) is 11.8. The van der Waals surface area contributed by atoms with Crippen LogP contribution in [0.5, 0.6) is 0 Å². The van der Waals surface area contributed by atoms with Crippen LogP contribution in [-0.2, 0) is 13.0 Å². The number of fused-ring (bicyclic) bond motifs is 1. The molecule has 0 spiro atoms. The summed E-state index contributed by atoms with van der Waals surface area (Å²) in [6.45, 7) is 3.38. The van der Waals surface area contributed by atoms with Crippen molar-refractivity contribution in [1.82, 2.24) is 9.55 Å². The van der Waals surface area contributed by atoms with Crippen molar-refractivity contribution in [2.24, 2.45) is 5.92 Å². The van der Waals surface area contributed by atoms with E-state index in [1.54, 1.807) is 0 Å². The number of nitrogens with zero attached hydrogens (tertiary/aromatic N) is 2. The van der Waals surface area contributed by atoms with Gasteiger partial charge in [-0.05, 0) is 43.0 Å². The SMILES string of the molecule is CC1CCn2c(cnc2-c2ccc(Cl)cc2)C1. The molecule has 88 valence electrons. The lowest BCUT2D eigenvalue weighted by Gasteiger charge is -2.21. The number of halogens is 1. The maximum Gasteiger partial charge on any atom is 0.140 e. The van der Waals surface area contributed by atoms with Crippen LogP contribution >= 0.6 is 11.6 Å². The molecular weight excluding hydrogens is 232 g/mol. The highest BCUT2D eigenvalue weighted by Gasteiger charge is 2.18. The molecule has 2 nitrogen and oxygen atoms in total. The van der Waals surface area contributed by atoms with Gasteiger partial charge in [0.05, 0.1) is 0 Å². The van der Waals surface area contributed by atoms with Gasteiger partial charge in [-0.15, -0.1) is 0 Å². The summed E-state index contributed by atoms with van der Waals surface area (Å²) in [5.41, 5.74) is 2.50. The largest absolute Gasteiger partial charge is 0.328 e. The Bertz CT molecular complexity index is 528. The van der Waals surface area contributed by atoms with Gasteiger partial charge in [0.15, 0.2) is 0 Å². The van der Waals surface area contributed by atoms with Crippen LogP contribution in [0.4, 0.5) is 0 Å². The fraction of sp³-hybridized carbons (Fsp3) is 0.357. The number of rotatable bonds is 1. The Morgan fingerprint density at radius 2 is 2.06 bits per heavy atom. The van der Waals surface area contributed by atoms with E-state index in [9.17, 15) is 0 Å². The van der Waals surface area contributed by atoms with E-state index < -0.39 is 0 Å².